The summed E-state index contributed by atoms with van der Waals surface area (Å²) in [6, 6.07) is 57.3. The molecule has 0 amide bonds. The molecule has 2 aliphatic carbocycles. The van der Waals surface area contributed by atoms with Gasteiger partial charge in [0.25, 0.3) is 0 Å². The summed E-state index contributed by atoms with van der Waals surface area (Å²) >= 11 is 0. The van der Waals surface area contributed by atoms with Crippen LogP contribution in [0.4, 0.5) is 0 Å². The number of aromatic nitrogens is 3. The van der Waals surface area contributed by atoms with Gasteiger partial charge in [-0.15, -0.1) is 0 Å². The molecule has 0 atom stereocenters. The van der Waals surface area contributed by atoms with Gasteiger partial charge in [-0.1, -0.05) is 139 Å². The molecular formula is C47H31N3. The minimum atomic E-state index is -0.548. The van der Waals surface area contributed by atoms with Crippen LogP contribution in [-0.2, 0) is 5.41 Å². The van der Waals surface area contributed by atoms with Crippen LogP contribution in [0.1, 0.15) is 27.8 Å². The van der Waals surface area contributed by atoms with Gasteiger partial charge in [-0.25, -0.2) is 9.97 Å². The zero-order valence-electron chi connectivity index (χ0n) is 27.5. The van der Waals surface area contributed by atoms with Gasteiger partial charge in [-0.2, -0.15) is 0 Å². The van der Waals surface area contributed by atoms with Crippen LogP contribution in [0.15, 0.2) is 170 Å². The largest absolute Gasteiger partial charge is 0.264 e. The molecule has 10 rings (SSSR count). The Balaban J connectivity index is 1.31. The molecule has 0 saturated heterocycles. The van der Waals surface area contributed by atoms with E-state index < -0.39 is 5.41 Å². The van der Waals surface area contributed by atoms with Crippen LogP contribution >= 0.6 is 0 Å². The van der Waals surface area contributed by atoms with E-state index in [2.05, 4.69) is 164 Å². The number of benzene rings is 6. The third kappa shape index (κ3) is 4.13. The summed E-state index contributed by atoms with van der Waals surface area (Å²) in [5.74, 6) is 0.693. The van der Waals surface area contributed by atoms with Crippen molar-refractivity contribution in [3.05, 3.63) is 198 Å². The Labute approximate surface area is 291 Å². The average Bonchev–Trinajstić information content (AvgIpc) is 3.43. The Morgan fingerprint density at radius 1 is 0.400 bits per heavy atom. The van der Waals surface area contributed by atoms with Crippen molar-refractivity contribution in [1.82, 2.24) is 15.0 Å². The van der Waals surface area contributed by atoms with E-state index >= 15 is 0 Å². The third-order valence-corrected chi connectivity index (χ3v) is 10.5. The highest BCUT2D eigenvalue weighted by molar-refractivity contribution is 5.97. The standard InChI is InChI=1S/C47H31N3/c1-30-20-22-31(23-21-30)46-49-44(28-45(50-46)33-11-10-26-48-29-33)32-24-25-39-35-13-3-2-12-34(35)36-14-4-7-17-40(36)47(43(39)27-32)41-18-8-5-15-37(41)38-16-6-9-19-42(38)47/h2-29H,1H3. The highest BCUT2D eigenvalue weighted by atomic mass is 14.9. The predicted octanol–water partition coefficient (Wildman–Crippen LogP) is 11.2. The molecule has 2 heterocycles. The molecule has 0 unspecified atom stereocenters. The molecule has 0 aliphatic heterocycles. The van der Waals surface area contributed by atoms with E-state index in [9.17, 15) is 0 Å². The van der Waals surface area contributed by atoms with E-state index in [0.717, 1.165) is 28.1 Å². The maximum Gasteiger partial charge on any atom is 0.160 e. The molecule has 3 heteroatoms. The molecule has 2 aliphatic rings. The molecule has 0 N–H and O–H groups in total. The first-order valence-electron chi connectivity index (χ1n) is 17.1. The summed E-state index contributed by atoms with van der Waals surface area (Å²) < 4.78 is 0. The molecule has 50 heavy (non-hydrogen) atoms. The van der Waals surface area contributed by atoms with E-state index in [1.165, 1.54) is 61.2 Å². The van der Waals surface area contributed by atoms with Gasteiger partial charge in [-0.3, -0.25) is 4.98 Å². The molecular weight excluding hydrogens is 607 g/mol. The summed E-state index contributed by atoms with van der Waals surface area (Å²) in [5, 5.41) is 0. The molecule has 0 bridgehead atoms. The van der Waals surface area contributed by atoms with Gasteiger partial charge in [0.05, 0.1) is 16.8 Å². The number of hydrogen-bond donors (Lipinski definition) is 0. The molecule has 0 fully saturated rings. The molecule has 234 valence electrons. The fraction of sp³-hybridized carbons (Fsp3) is 0.0426. The first kappa shape index (κ1) is 28.6. The number of nitrogens with zero attached hydrogens (tertiary/aromatic N) is 3. The fourth-order valence-corrected chi connectivity index (χ4v) is 8.30. The summed E-state index contributed by atoms with van der Waals surface area (Å²) in [5.41, 5.74) is 18.0. The second-order valence-electron chi connectivity index (χ2n) is 13.3. The maximum atomic E-state index is 5.26. The second kappa shape index (κ2) is 11.0. The lowest BCUT2D eigenvalue weighted by atomic mass is 9.65. The smallest absolute Gasteiger partial charge is 0.160 e. The highest BCUT2D eigenvalue weighted by Crippen LogP contribution is 2.61. The lowest BCUT2D eigenvalue weighted by molar-refractivity contribution is 0.775. The second-order valence-corrected chi connectivity index (χ2v) is 13.3. The van der Waals surface area contributed by atoms with Gasteiger partial charge in [0, 0.05) is 29.1 Å². The minimum absolute atomic E-state index is 0.548. The number of aryl methyl sites for hydroxylation is 1. The molecule has 3 nitrogen and oxygen atoms in total. The van der Waals surface area contributed by atoms with Crippen LogP contribution in [-0.4, -0.2) is 15.0 Å². The van der Waals surface area contributed by atoms with Gasteiger partial charge in [0.15, 0.2) is 5.82 Å². The zero-order valence-corrected chi connectivity index (χ0v) is 27.5. The molecule has 8 aromatic rings. The summed E-state index contributed by atoms with van der Waals surface area (Å²) in [4.78, 5) is 14.8. The monoisotopic (exact) mass is 637 g/mol. The Hall–Kier alpha value is -6.45. The van der Waals surface area contributed by atoms with E-state index in [1.54, 1.807) is 6.20 Å². The van der Waals surface area contributed by atoms with Crippen LogP contribution in [0, 0.1) is 6.92 Å². The van der Waals surface area contributed by atoms with Crippen molar-refractivity contribution in [2.24, 2.45) is 0 Å². The number of rotatable bonds is 3. The van der Waals surface area contributed by atoms with Gasteiger partial charge < -0.3 is 0 Å². The molecule has 0 radical (unpaired) electrons. The predicted molar refractivity (Wildman–Crippen MR) is 203 cm³/mol. The SMILES string of the molecule is Cc1ccc(-c2nc(-c3cccnc3)cc(-c3ccc4c(c3)C3(c5ccccc5-c5ccccc5-4)c4ccccc4-c4ccccc43)n2)cc1. The minimum Gasteiger partial charge on any atom is -0.264 e. The molecule has 0 saturated carbocycles. The van der Waals surface area contributed by atoms with E-state index in [0.29, 0.717) is 5.82 Å². The van der Waals surface area contributed by atoms with Crippen molar-refractivity contribution in [1.29, 1.82) is 0 Å². The lowest BCUT2D eigenvalue weighted by Gasteiger charge is -2.35. The van der Waals surface area contributed by atoms with Gasteiger partial charge in [0.1, 0.15) is 0 Å². The Kier molecular flexibility index (Phi) is 6.31. The van der Waals surface area contributed by atoms with Crippen LogP contribution < -0.4 is 0 Å². The summed E-state index contributed by atoms with van der Waals surface area (Å²) in [6.45, 7) is 2.10. The Morgan fingerprint density at radius 3 is 1.48 bits per heavy atom. The first-order valence-corrected chi connectivity index (χ1v) is 17.1. The Morgan fingerprint density at radius 2 is 0.900 bits per heavy atom. The van der Waals surface area contributed by atoms with Crippen LogP contribution in [0.3, 0.4) is 0 Å². The van der Waals surface area contributed by atoms with Gasteiger partial charge >= 0.3 is 0 Å². The fourth-order valence-electron chi connectivity index (χ4n) is 8.30. The molecule has 6 aromatic carbocycles. The number of hydrogen-bond acceptors (Lipinski definition) is 3. The van der Waals surface area contributed by atoms with Crippen molar-refractivity contribution >= 4 is 0 Å². The Bertz CT molecular complexity index is 2560. The average molecular weight is 638 g/mol. The summed E-state index contributed by atoms with van der Waals surface area (Å²) in [7, 11) is 0. The van der Waals surface area contributed by atoms with E-state index in [-0.39, 0.29) is 0 Å². The lowest BCUT2D eigenvalue weighted by Crippen LogP contribution is -2.29. The van der Waals surface area contributed by atoms with Crippen LogP contribution in [0.2, 0.25) is 0 Å². The number of pyridine rings is 1. The first-order chi connectivity index (χ1) is 24.7. The highest BCUT2D eigenvalue weighted by Gasteiger charge is 2.49. The summed E-state index contributed by atoms with van der Waals surface area (Å²) in [6.07, 6.45) is 3.67. The zero-order chi connectivity index (χ0) is 33.2. The van der Waals surface area contributed by atoms with Crippen molar-refractivity contribution in [3.63, 3.8) is 0 Å². The quantitative estimate of drug-likeness (QED) is 0.193. The number of fused-ring (bicyclic) bond motifs is 12. The van der Waals surface area contributed by atoms with Crippen LogP contribution in [0.5, 0.6) is 0 Å². The molecule has 1 spiro atoms. The van der Waals surface area contributed by atoms with E-state index in [4.69, 9.17) is 9.97 Å². The van der Waals surface area contributed by atoms with E-state index in [1.807, 2.05) is 12.3 Å². The molecule has 2 aromatic heterocycles. The van der Waals surface area contributed by atoms with Gasteiger partial charge in [-0.05, 0) is 86.8 Å². The van der Waals surface area contributed by atoms with Crippen molar-refractivity contribution in [2.75, 3.05) is 0 Å². The topological polar surface area (TPSA) is 38.7 Å². The maximum absolute atomic E-state index is 5.26. The van der Waals surface area contributed by atoms with Crippen molar-refractivity contribution < 1.29 is 0 Å². The van der Waals surface area contributed by atoms with Crippen molar-refractivity contribution in [2.45, 2.75) is 12.3 Å². The van der Waals surface area contributed by atoms with Crippen LogP contribution in [0.25, 0.3) is 67.3 Å². The normalized spacial score (nSPS) is 13.1. The third-order valence-electron chi connectivity index (χ3n) is 10.5. The van der Waals surface area contributed by atoms with Crippen molar-refractivity contribution in [3.8, 4) is 67.3 Å². The van der Waals surface area contributed by atoms with Gasteiger partial charge in [0.2, 0.25) is 0 Å².